The van der Waals surface area contributed by atoms with E-state index in [1.165, 1.54) is 0 Å². The summed E-state index contributed by atoms with van der Waals surface area (Å²) >= 11 is 0. The first-order chi connectivity index (χ1) is 8.74. The fraction of sp³-hybridized carbons (Fsp3) is 0.267. The Balaban J connectivity index is 1.90. The Labute approximate surface area is 108 Å². The zero-order valence-electron chi connectivity index (χ0n) is 10.8. The van der Waals surface area contributed by atoms with Crippen LogP contribution in [0.4, 0.5) is 5.69 Å². The average Bonchev–Trinajstić information content (AvgIpc) is 2.38. The van der Waals surface area contributed by atoms with Gasteiger partial charge in [0.15, 0.2) is 0 Å². The van der Waals surface area contributed by atoms with Gasteiger partial charge in [0.2, 0.25) is 0 Å². The molecule has 94 valence electrons. The van der Waals surface area contributed by atoms with Gasteiger partial charge in [-0.15, -0.1) is 0 Å². The number of anilines is 1. The van der Waals surface area contributed by atoms with E-state index in [1.54, 1.807) is 6.20 Å². The standard InChI is InChI=1S/C15H18N2O/c1-12(2)17-14-5-7-15(8-6-14)18-11-13-4-3-9-16-10-13/h3-10,12,17H,11H2,1-2H3. The Morgan fingerprint density at radius 1 is 1.17 bits per heavy atom. The second-order valence-electron chi connectivity index (χ2n) is 4.47. The van der Waals surface area contributed by atoms with Crippen LogP contribution < -0.4 is 10.1 Å². The lowest BCUT2D eigenvalue weighted by Gasteiger charge is -2.11. The molecule has 0 radical (unpaired) electrons. The molecule has 2 aromatic rings. The van der Waals surface area contributed by atoms with Gasteiger partial charge in [0.1, 0.15) is 12.4 Å². The molecule has 1 heterocycles. The van der Waals surface area contributed by atoms with Crippen molar-refractivity contribution < 1.29 is 4.74 Å². The van der Waals surface area contributed by atoms with Crippen molar-refractivity contribution in [3.8, 4) is 5.75 Å². The number of hydrogen-bond donors (Lipinski definition) is 1. The molecule has 0 saturated carbocycles. The molecule has 3 heteroatoms. The number of nitrogens with one attached hydrogen (secondary N) is 1. The Morgan fingerprint density at radius 3 is 2.56 bits per heavy atom. The third kappa shape index (κ3) is 3.77. The van der Waals surface area contributed by atoms with Gasteiger partial charge in [0.05, 0.1) is 0 Å². The Morgan fingerprint density at radius 2 is 1.94 bits per heavy atom. The van der Waals surface area contributed by atoms with Crippen molar-refractivity contribution in [1.29, 1.82) is 0 Å². The predicted octanol–water partition coefficient (Wildman–Crippen LogP) is 3.48. The summed E-state index contributed by atoms with van der Waals surface area (Å²) in [5.41, 5.74) is 2.18. The monoisotopic (exact) mass is 242 g/mol. The third-order valence-corrected chi connectivity index (χ3v) is 2.44. The van der Waals surface area contributed by atoms with E-state index >= 15 is 0 Å². The molecule has 1 N–H and O–H groups in total. The minimum absolute atomic E-state index is 0.437. The SMILES string of the molecule is CC(C)Nc1ccc(OCc2cccnc2)cc1. The largest absolute Gasteiger partial charge is 0.489 e. The number of nitrogens with zero attached hydrogens (tertiary/aromatic N) is 1. The van der Waals surface area contributed by atoms with Gasteiger partial charge in [0.25, 0.3) is 0 Å². The number of rotatable bonds is 5. The number of aromatic nitrogens is 1. The molecule has 2 rings (SSSR count). The molecular formula is C15H18N2O. The number of benzene rings is 1. The molecule has 1 aromatic heterocycles. The lowest BCUT2D eigenvalue weighted by atomic mass is 10.2. The molecule has 0 amide bonds. The van der Waals surface area contributed by atoms with Crippen molar-refractivity contribution >= 4 is 5.69 Å². The van der Waals surface area contributed by atoms with E-state index in [4.69, 9.17) is 4.74 Å². The van der Waals surface area contributed by atoms with E-state index in [9.17, 15) is 0 Å². The van der Waals surface area contributed by atoms with E-state index in [0.29, 0.717) is 12.6 Å². The lowest BCUT2D eigenvalue weighted by Crippen LogP contribution is -2.09. The summed E-state index contributed by atoms with van der Waals surface area (Å²) in [6.45, 7) is 4.78. The Kier molecular flexibility index (Phi) is 4.18. The van der Waals surface area contributed by atoms with Gasteiger partial charge in [-0.1, -0.05) is 6.07 Å². The average molecular weight is 242 g/mol. The second kappa shape index (κ2) is 6.05. The van der Waals surface area contributed by atoms with Gasteiger partial charge in [-0.3, -0.25) is 4.98 Å². The highest BCUT2D eigenvalue weighted by Crippen LogP contribution is 2.17. The highest BCUT2D eigenvalue weighted by Gasteiger charge is 1.98. The van der Waals surface area contributed by atoms with Crippen molar-refractivity contribution in [3.05, 3.63) is 54.4 Å². The van der Waals surface area contributed by atoms with Crippen LogP contribution >= 0.6 is 0 Å². The molecule has 0 unspecified atom stereocenters. The van der Waals surface area contributed by atoms with Gasteiger partial charge in [0, 0.05) is 29.7 Å². The third-order valence-electron chi connectivity index (χ3n) is 2.44. The molecule has 0 spiro atoms. The number of ether oxygens (including phenoxy) is 1. The van der Waals surface area contributed by atoms with Crippen molar-refractivity contribution in [3.63, 3.8) is 0 Å². The van der Waals surface area contributed by atoms with Crippen LogP contribution in [0.15, 0.2) is 48.8 Å². The highest BCUT2D eigenvalue weighted by atomic mass is 16.5. The molecule has 0 aliphatic heterocycles. The first-order valence-corrected chi connectivity index (χ1v) is 6.12. The molecular weight excluding hydrogens is 224 g/mol. The fourth-order valence-corrected chi connectivity index (χ4v) is 1.63. The summed E-state index contributed by atoms with van der Waals surface area (Å²) in [4.78, 5) is 4.05. The summed E-state index contributed by atoms with van der Waals surface area (Å²) in [5, 5.41) is 3.34. The first-order valence-electron chi connectivity index (χ1n) is 6.12. The molecule has 3 nitrogen and oxygen atoms in total. The number of hydrogen-bond acceptors (Lipinski definition) is 3. The molecule has 18 heavy (non-hydrogen) atoms. The van der Waals surface area contributed by atoms with Crippen molar-refractivity contribution in [2.75, 3.05) is 5.32 Å². The molecule has 0 aliphatic rings. The molecule has 1 aromatic carbocycles. The van der Waals surface area contributed by atoms with Crippen LogP contribution in [0.5, 0.6) is 5.75 Å². The van der Waals surface area contributed by atoms with E-state index in [0.717, 1.165) is 17.0 Å². The molecule has 0 bridgehead atoms. The minimum atomic E-state index is 0.437. The smallest absolute Gasteiger partial charge is 0.119 e. The van der Waals surface area contributed by atoms with Crippen LogP contribution in [0.1, 0.15) is 19.4 Å². The lowest BCUT2D eigenvalue weighted by molar-refractivity contribution is 0.306. The first kappa shape index (κ1) is 12.4. The summed E-state index contributed by atoms with van der Waals surface area (Å²) in [5.74, 6) is 0.869. The van der Waals surface area contributed by atoms with Crippen LogP contribution in [0.2, 0.25) is 0 Å². The van der Waals surface area contributed by atoms with Crippen LogP contribution in [0, 0.1) is 0 Å². The maximum atomic E-state index is 5.68. The number of pyridine rings is 1. The van der Waals surface area contributed by atoms with E-state index in [2.05, 4.69) is 24.1 Å². The van der Waals surface area contributed by atoms with Gasteiger partial charge >= 0.3 is 0 Å². The summed E-state index contributed by atoms with van der Waals surface area (Å²) in [7, 11) is 0. The highest BCUT2D eigenvalue weighted by molar-refractivity contribution is 5.46. The van der Waals surface area contributed by atoms with Crippen molar-refractivity contribution in [1.82, 2.24) is 4.98 Å². The topological polar surface area (TPSA) is 34.1 Å². The Bertz CT molecular complexity index is 466. The fourth-order valence-electron chi connectivity index (χ4n) is 1.63. The summed E-state index contributed by atoms with van der Waals surface area (Å²) in [6.07, 6.45) is 3.57. The van der Waals surface area contributed by atoms with E-state index < -0.39 is 0 Å². The van der Waals surface area contributed by atoms with Crippen molar-refractivity contribution in [2.45, 2.75) is 26.5 Å². The Hall–Kier alpha value is -2.03. The summed E-state index contributed by atoms with van der Waals surface area (Å²) in [6, 6.07) is 12.3. The quantitative estimate of drug-likeness (QED) is 0.871. The maximum Gasteiger partial charge on any atom is 0.119 e. The van der Waals surface area contributed by atoms with E-state index in [-0.39, 0.29) is 0 Å². The molecule has 0 fully saturated rings. The predicted molar refractivity (Wildman–Crippen MR) is 73.8 cm³/mol. The van der Waals surface area contributed by atoms with Crippen LogP contribution in [-0.2, 0) is 6.61 Å². The zero-order valence-corrected chi connectivity index (χ0v) is 10.8. The van der Waals surface area contributed by atoms with Crippen molar-refractivity contribution in [2.24, 2.45) is 0 Å². The van der Waals surface area contributed by atoms with Gasteiger partial charge in [-0.2, -0.15) is 0 Å². The maximum absolute atomic E-state index is 5.68. The molecule has 0 atom stereocenters. The normalized spacial score (nSPS) is 10.4. The van der Waals surface area contributed by atoms with Gasteiger partial charge in [-0.25, -0.2) is 0 Å². The van der Waals surface area contributed by atoms with Crippen LogP contribution in [0.25, 0.3) is 0 Å². The van der Waals surface area contributed by atoms with Crippen LogP contribution in [-0.4, -0.2) is 11.0 Å². The van der Waals surface area contributed by atoms with Crippen LogP contribution in [0.3, 0.4) is 0 Å². The molecule has 0 aliphatic carbocycles. The van der Waals surface area contributed by atoms with Gasteiger partial charge in [-0.05, 0) is 44.2 Å². The van der Waals surface area contributed by atoms with E-state index in [1.807, 2.05) is 42.6 Å². The molecule has 0 saturated heterocycles. The zero-order chi connectivity index (χ0) is 12.8. The summed E-state index contributed by atoms with van der Waals surface area (Å²) < 4.78 is 5.68. The second-order valence-corrected chi connectivity index (χ2v) is 4.47. The minimum Gasteiger partial charge on any atom is -0.489 e. The van der Waals surface area contributed by atoms with Gasteiger partial charge < -0.3 is 10.1 Å².